The predicted molar refractivity (Wildman–Crippen MR) is 128 cm³/mol. The van der Waals surface area contributed by atoms with Crippen LogP contribution in [0.4, 0.5) is 11.4 Å². The molecule has 0 spiro atoms. The third-order valence-corrected chi connectivity index (χ3v) is 6.21. The van der Waals surface area contributed by atoms with E-state index in [1.165, 1.54) is 23.9 Å². The van der Waals surface area contributed by atoms with E-state index in [9.17, 15) is 14.9 Å². The van der Waals surface area contributed by atoms with Crippen LogP contribution in [0.5, 0.6) is 5.75 Å². The Morgan fingerprint density at radius 1 is 1.24 bits per heavy atom. The molecular formula is C21H21Cl2N5O4S. The van der Waals surface area contributed by atoms with Gasteiger partial charge in [-0.15, -0.1) is 10.2 Å². The average molecular weight is 510 g/mol. The summed E-state index contributed by atoms with van der Waals surface area (Å²) in [5.74, 6) is 1.13. The van der Waals surface area contributed by atoms with E-state index in [0.717, 1.165) is 11.4 Å². The van der Waals surface area contributed by atoms with E-state index >= 15 is 0 Å². The number of thioether (sulfide) groups is 1. The van der Waals surface area contributed by atoms with Gasteiger partial charge in [0, 0.05) is 30.6 Å². The highest BCUT2D eigenvalue weighted by Crippen LogP contribution is 2.28. The maximum atomic E-state index is 12.3. The number of non-ortho nitro benzene ring substituents is 1. The van der Waals surface area contributed by atoms with Crippen LogP contribution in [0.15, 0.2) is 41.6 Å². The fourth-order valence-electron chi connectivity index (χ4n) is 2.87. The van der Waals surface area contributed by atoms with E-state index in [0.29, 0.717) is 46.1 Å². The number of nitro groups is 1. The molecule has 0 fully saturated rings. The van der Waals surface area contributed by atoms with Gasteiger partial charge in [-0.05, 0) is 37.1 Å². The number of ether oxygens (including phenoxy) is 1. The number of nitro benzene ring substituents is 1. The molecule has 0 radical (unpaired) electrons. The number of benzene rings is 2. The second kappa shape index (κ2) is 11.4. The van der Waals surface area contributed by atoms with Crippen LogP contribution in [-0.2, 0) is 18.3 Å². The zero-order valence-corrected chi connectivity index (χ0v) is 20.2. The Balaban J connectivity index is 1.48. The first-order valence-corrected chi connectivity index (χ1v) is 11.6. The lowest BCUT2D eigenvalue weighted by Gasteiger charge is -2.09. The first-order chi connectivity index (χ1) is 15.7. The van der Waals surface area contributed by atoms with Crippen molar-refractivity contribution < 1.29 is 14.5 Å². The molecule has 0 saturated carbocycles. The number of nitrogens with zero attached hydrogens (tertiary/aromatic N) is 4. The molecule has 0 atom stereocenters. The highest BCUT2D eigenvalue weighted by atomic mass is 35.5. The summed E-state index contributed by atoms with van der Waals surface area (Å²) in [5, 5.41) is 23.6. The number of anilines is 1. The zero-order valence-electron chi connectivity index (χ0n) is 17.9. The summed E-state index contributed by atoms with van der Waals surface area (Å²) in [6.07, 6.45) is 1.33. The quantitative estimate of drug-likeness (QED) is 0.175. The van der Waals surface area contributed by atoms with Crippen LogP contribution < -0.4 is 10.1 Å². The van der Waals surface area contributed by atoms with Crippen molar-refractivity contribution in [3.8, 4) is 5.75 Å². The Morgan fingerprint density at radius 3 is 2.76 bits per heavy atom. The molecule has 0 aliphatic heterocycles. The number of hydrogen-bond donors (Lipinski definition) is 1. The van der Waals surface area contributed by atoms with Gasteiger partial charge in [-0.2, -0.15) is 0 Å². The molecule has 0 aliphatic carbocycles. The van der Waals surface area contributed by atoms with E-state index in [1.807, 2.05) is 11.6 Å². The van der Waals surface area contributed by atoms with Gasteiger partial charge in [0.25, 0.3) is 5.69 Å². The highest BCUT2D eigenvalue weighted by molar-refractivity contribution is 7.99. The van der Waals surface area contributed by atoms with Crippen molar-refractivity contribution >= 4 is 52.2 Å². The fourth-order valence-corrected chi connectivity index (χ4v) is 4.06. The smallest absolute Gasteiger partial charge is 0.271 e. The summed E-state index contributed by atoms with van der Waals surface area (Å²) in [6, 6.07) is 9.41. The fraction of sp³-hybridized carbons (Fsp3) is 0.286. The molecule has 174 valence electrons. The Labute approximate surface area is 204 Å². The lowest BCUT2D eigenvalue weighted by atomic mass is 10.2. The Hall–Kier alpha value is -2.82. The average Bonchev–Trinajstić information content (AvgIpc) is 3.11. The van der Waals surface area contributed by atoms with Gasteiger partial charge >= 0.3 is 0 Å². The normalized spacial score (nSPS) is 10.8. The largest absolute Gasteiger partial charge is 0.492 e. The molecule has 1 aromatic heterocycles. The van der Waals surface area contributed by atoms with E-state index in [2.05, 4.69) is 15.5 Å². The predicted octanol–water partition coefficient (Wildman–Crippen LogP) is 5.08. The number of aromatic nitrogens is 3. The monoisotopic (exact) mass is 509 g/mol. The summed E-state index contributed by atoms with van der Waals surface area (Å²) in [5.41, 5.74) is 1.07. The number of nitrogens with one attached hydrogen (secondary N) is 1. The third kappa shape index (κ3) is 6.83. The molecule has 0 unspecified atom stereocenters. The Bertz CT molecular complexity index is 1170. The van der Waals surface area contributed by atoms with E-state index in [1.54, 1.807) is 31.2 Å². The van der Waals surface area contributed by atoms with Gasteiger partial charge in [0.05, 0.1) is 28.0 Å². The molecule has 33 heavy (non-hydrogen) atoms. The van der Waals surface area contributed by atoms with E-state index in [4.69, 9.17) is 27.9 Å². The molecule has 1 heterocycles. The van der Waals surface area contributed by atoms with E-state index < -0.39 is 4.92 Å². The van der Waals surface area contributed by atoms with Gasteiger partial charge < -0.3 is 14.6 Å². The number of carbonyl (C=O) groups excluding carboxylic acids is 1. The summed E-state index contributed by atoms with van der Waals surface area (Å²) in [6.45, 7) is 2.22. The Kier molecular flexibility index (Phi) is 8.54. The van der Waals surface area contributed by atoms with Crippen molar-refractivity contribution in [3.05, 3.63) is 67.9 Å². The van der Waals surface area contributed by atoms with Gasteiger partial charge in [0.1, 0.15) is 11.6 Å². The van der Waals surface area contributed by atoms with Crippen LogP contribution in [0.1, 0.15) is 17.8 Å². The van der Waals surface area contributed by atoms with E-state index in [-0.39, 0.29) is 17.3 Å². The zero-order chi connectivity index (χ0) is 24.0. The summed E-state index contributed by atoms with van der Waals surface area (Å²) in [7, 11) is 1.83. The number of rotatable bonds is 10. The van der Waals surface area contributed by atoms with Crippen molar-refractivity contribution in [2.45, 2.75) is 24.9 Å². The second-order valence-electron chi connectivity index (χ2n) is 7.08. The molecule has 12 heteroatoms. The van der Waals surface area contributed by atoms with Crippen molar-refractivity contribution in [1.82, 2.24) is 14.8 Å². The maximum absolute atomic E-state index is 12.3. The first kappa shape index (κ1) is 24.8. The van der Waals surface area contributed by atoms with Crippen molar-refractivity contribution in [1.29, 1.82) is 0 Å². The molecule has 2 aromatic carbocycles. The minimum Gasteiger partial charge on any atom is -0.492 e. The van der Waals surface area contributed by atoms with Gasteiger partial charge in [0.15, 0.2) is 5.16 Å². The second-order valence-corrected chi connectivity index (χ2v) is 8.86. The number of hydrogen-bond acceptors (Lipinski definition) is 7. The van der Waals surface area contributed by atoms with Crippen molar-refractivity contribution in [2.24, 2.45) is 7.05 Å². The highest BCUT2D eigenvalue weighted by Gasteiger charge is 2.14. The minimum atomic E-state index is -0.500. The van der Waals surface area contributed by atoms with Crippen LogP contribution in [0.25, 0.3) is 0 Å². The van der Waals surface area contributed by atoms with Crippen LogP contribution in [-0.4, -0.2) is 38.0 Å². The van der Waals surface area contributed by atoms with Gasteiger partial charge in [-0.3, -0.25) is 14.9 Å². The number of halogens is 2. The maximum Gasteiger partial charge on any atom is 0.271 e. The standard InChI is InChI=1S/C21H21Cl2N5O4S/c1-13-5-7-15(28(30)31)11-17(13)24-20(29)12-33-21-26-25-19(27(21)2)4-3-9-32-18-8-6-14(22)10-16(18)23/h5-8,10-11H,3-4,9,12H2,1-2H3,(H,24,29). The lowest BCUT2D eigenvalue weighted by Crippen LogP contribution is -2.15. The van der Waals surface area contributed by atoms with Gasteiger partial charge in [-0.1, -0.05) is 41.0 Å². The summed E-state index contributed by atoms with van der Waals surface area (Å²) < 4.78 is 7.51. The molecule has 1 N–H and O–H groups in total. The summed E-state index contributed by atoms with van der Waals surface area (Å²) >= 11 is 13.2. The van der Waals surface area contributed by atoms with Gasteiger partial charge in [-0.25, -0.2) is 0 Å². The molecule has 0 bridgehead atoms. The lowest BCUT2D eigenvalue weighted by molar-refractivity contribution is -0.384. The van der Waals surface area contributed by atoms with Crippen LogP contribution in [0, 0.1) is 17.0 Å². The molecule has 1 amide bonds. The minimum absolute atomic E-state index is 0.0798. The summed E-state index contributed by atoms with van der Waals surface area (Å²) in [4.78, 5) is 22.8. The third-order valence-electron chi connectivity index (χ3n) is 4.66. The molecule has 0 aliphatic rings. The molecule has 3 rings (SSSR count). The topological polar surface area (TPSA) is 112 Å². The van der Waals surface area contributed by atoms with Crippen molar-refractivity contribution in [3.63, 3.8) is 0 Å². The molecule has 9 nitrogen and oxygen atoms in total. The molecule has 3 aromatic rings. The first-order valence-electron chi connectivity index (χ1n) is 9.88. The number of aryl methyl sites for hydroxylation is 2. The number of carbonyl (C=O) groups is 1. The van der Waals surface area contributed by atoms with Gasteiger partial charge in [0.2, 0.25) is 5.91 Å². The van der Waals surface area contributed by atoms with Crippen LogP contribution in [0.2, 0.25) is 10.0 Å². The van der Waals surface area contributed by atoms with Crippen molar-refractivity contribution in [2.75, 3.05) is 17.7 Å². The SMILES string of the molecule is Cc1ccc([N+](=O)[O-])cc1NC(=O)CSc1nnc(CCCOc2ccc(Cl)cc2Cl)n1C. The molecular weight excluding hydrogens is 489 g/mol. The van der Waals surface area contributed by atoms with Crippen LogP contribution in [0.3, 0.4) is 0 Å². The Morgan fingerprint density at radius 2 is 2.03 bits per heavy atom. The van der Waals surface area contributed by atoms with Crippen LogP contribution >= 0.6 is 35.0 Å². The molecule has 0 saturated heterocycles. The number of amides is 1.